The van der Waals surface area contributed by atoms with Crippen LogP contribution in [0, 0.1) is 0 Å². The van der Waals surface area contributed by atoms with Crippen molar-refractivity contribution in [3.63, 3.8) is 0 Å². The van der Waals surface area contributed by atoms with Crippen molar-refractivity contribution in [2.24, 2.45) is 4.99 Å². The number of hydrogen-bond acceptors (Lipinski definition) is 2. The summed E-state index contributed by atoms with van der Waals surface area (Å²) in [6.45, 7) is 1.20. The van der Waals surface area contributed by atoms with Crippen LogP contribution < -0.4 is 16.0 Å². The van der Waals surface area contributed by atoms with Gasteiger partial charge >= 0.3 is 0 Å². The second-order valence-corrected chi connectivity index (χ2v) is 6.30. The van der Waals surface area contributed by atoms with Gasteiger partial charge in [0.2, 0.25) is 0 Å². The van der Waals surface area contributed by atoms with Gasteiger partial charge < -0.3 is 16.0 Å². The second kappa shape index (κ2) is 10.9. The maximum Gasteiger partial charge on any atom is 0.251 e. The Kier molecular flexibility index (Phi) is 9.54. The number of guanidine groups is 1. The second-order valence-electron chi connectivity index (χ2n) is 5.39. The molecule has 0 heterocycles. The Morgan fingerprint density at radius 1 is 1.17 bits per heavy atom. The molecule has 1 saturated carbocycles. The van der Waals surface area contributed by atoms with Crippen LogP contribution in [0.25, 0.3) is 0 Å². The highest BCUT2D eigenvalue weighted by Gasteiger charge is 2.15. The Morgan fingerprint density at radius 3 is 2.39 bits per heavy atom. The first-order valence-corrected chi connectivity index (χ1v) is 8.49. The van der Waals surface area contributed by atoms with Gasteiger partial charge in [-0.15, -0.1) is 24.0 Å². The fourth-order valence-electron chi connectivity index (χ4n) is 2.52. The molecule has 1 aromatic rings. The molecule has 7 heteroatoms. The molecule has 1 aliphatic carbocycles. The van der Waals surface area contributed by atoms with Crippen LogP contribution in [0.4, 0.5) is 0 Å². The number of amides is 1. The van der Waals surface area contributed by atoms with Gasteiger partial charge in [0, 0.05) is 36.2 Å². The molecular formula is C16H24BrIN4O. The van der Waals surface area contributed by atoms with E-state index >= 15 is 0 Å². The van der Waals surface area contributed by atoms with Crippen LogP contribution in [-0.4, -0.2) is 38.0 Å². The van der Waals surface area contributed by atoms with Crippen molar-refractivity contribution >= 4 is 51.8 Å². The average molecular weight is 495 g/mol. The molecule has 1 amide bonds. The fourth-order valence-corrected chi connectivity index (χ4v) is 2.78. The molecule has 2 rings (SSSR count). The lowest BCUT2D eigenvalue weighted by atomic mass is 10.2. The van der Waals surface area contributed by atoms with Crippen LogP contribution >= 0.6 is 39.9 Å². The number of nitrogens with one attached hydrogen (secondary N) is 3. The van der Waals surface area contributed by atoms with E-state index < -0.39 is 0 Å². The smallest absolute Gasteiger partial charge is 0.251 e. The maximum absolute atomic E-state index is 11.9. The van der Waals surface area contributed by atoms with E-state index in [9.17, 15) is 4.79 Å². The Balaban J connectivity index is 0.00000264. The summed E-state index contributed by atoms with van der Waals surface area (Å²) in [5, 5.41) is 9.53. The molecule has 0 aromatic heterocycles. The third kappa shape index (κ3) is 7.07. The summed E-state index contributed by atoms with van der Waals surface area (Å²) in [6, 6.07) is 7.85. The van der Waals surface area contributed by atoms with Crippen LogP contribution in [0.3, 0.4) is 0 Å². The maximum atomic E-state index is 11.9. The van der Waals surface area contributed by atoms with Gasteiger partial charge in [0.1, 0.15) is 0 Å². The van der Waals surface area contributed by atoms with Crippen molar-refractivity contribution < 1.29 is 4.79 Å². The van der Waals surface area contributed by atoms with E-state index in [2.05, 4.69) is 36.9 Å². The van der Waals surface area contributed by atoms with E-state index in [0.717, 1.165) is 10.4 Å². The number of carbonyl (C=O) groups excluding carboxylic acids is 1. The highest BCUT2D eigenvalue weighted by molar-refractivity contribution is 14.0. The monoisotopic (exact) mass is 494 g/mol. The standard InChI is InChI=1S/C16H23BrN4O.HI/c1-18-16(21-14-4-2-3-5-14)20-11-10-19-15(22)12-6-8-13(17)9-7-12;/h6-9,14H,2-5,10-11H2,1H3,(H,19,22)(H2,18,20,21);1H. The van der Waals surface area contributed by atoms with Gasteiger partial charge in [-0.1, -0.05) is 28.8 Å². The summed E-state index contributed by atoms with van der Waals surface area (Å²) >= 11 is 3.36. The quantitative estimate of drug-likeness (QED) is 0.255. The normalized spacial score (nSPS) is 15.0. The third-order valence-electron chi connectivity index (χ3n) is 3.73. The minimum absolute atomic E-state index is 0. The lowest BCUT2D eigenvalue weighted by Gasteiger charge is -2.16. The Bertz CT molecular complexity index is 515. The van der Waals surface area contributed by atoms with E-state index in [0.29, 0.717) is 24.7 Å². The fraction of sp³-hybridized carbons (Fsp3) is 0.500. The highest BCUT2D eigenvalue weighted by atomic mass is 127. The molecule has 0 aliphatic heterocycles. The molecule has 0 radical (unpaired) electrons. The zero-order chi connectivity index (χ0) is 15.8. The molecule has 128 valence electrons. The summed E-state index contributed by atoms with van der Waals surface area (Å²) in [6.07, 6.45) is 5.00. The molecule has 1 aromatic carbocycles. The van der Waals surface area contributed by atoms with Crippen molar-refractivity contribution in [2.75, 3.05) is 20.1 Å². The average Bonchev–Trinajstić information content (AvgIpc) is 3.03. The molecule has 0 spiro atoms. The van der Waals surface area contributed by atoms with E-state index in [1.807, 2.05) is 12.1 Å². The van der Waals surface area contributed by atoms with Gasteiger partial charge in [-0.25, -0.2) is 0 Å². The molecule has 1 fully saturated rings. The van der Waals surface area contributed by atoms with Crippen molar-refractivity contribution in [2.45, 2.75) is 31.7 Å². The van der Waals surface area contributed by atoms with E-state index in [1.54, 1.807) is 19.2 Å². The van der Waals surface area contributed by atoms with E-state index in [4.69, 9.17) is 0 Å². The van der Waals surface area contributed by atoms with Crippen molar-refractivity contribution in [1.82, 2.24) is 16.0 Å². The number of hydrogen-bond donors (Lipinski definition) is 3. The summed E-state index contributed by atoms with van der Waals surface area (Å²) in [4.78, 5) is 16.2. The Hall–Kier alpha value is -0.830. The van der Waals surface area contributed by atoms with Crippen LogP contribution in [0.1, 0.15) is 36.0 Å². The predicted molar refractivity (Wildman–Crippen MR) is 109 cm³/mol. The minimum atomic E-state index is -0.0620. The molecule has 0 unspecified atom stereocenters. The molecule has 5 nitrogen and oxygen atoms in total. The summed E-state index contributed by atoms with van der Waals surface area (Å²) in [5.41, 5.74) is 0.664. The molecule has 23 heavy (non-hydrogen) atoms. The van der Waals surface area contributed by atoms with Gasteiger partial charge in [0.05, 0.1) is 0 Å². The largest absolute Gasteiger partial charge is 0.355 e. The first-order chi connectivity index (χ1) is 10.7. The molecule has 1 aliphatic rings. The van der Waals surface area contributed by atoms with Crippen molar-refractivity contribution in [3.05, 3.63) is 34.3 Å². The molecular weight excluding hydrogens is 471 g/mol. The lowest BCUT2D eigenvalue weighted by molar-refractivity contribution is 0.0954. The van der Waals surface area contributed by atoms with Crippen molar-refractivity contribution in [1.29, 1.82) is 0 Å². The number of aliphatic imine (C=N–C) groups is 1. The van der Waals surface area contributed by atoms with Crippen molar-refractivity contribution in [3.8, 4) is 0 Å². The molecule has 0 saturated heterocycles. The Morgan fingerprint density at radius 2 is 1.78 bits per heavy atom. The van der Waals surface area contributed by atoms with Gasteiger partial charge in [-0.05, 0) is 37.1 Å². The zero-order valence-corrected chi connectivity index (χ0v) is 17.2. The molecule has 0 atom stereocenters. The highest BCUT2D eigenvalue weighted by Crippen LogP contribution is 2.17. The molecule has 3 N–H and O–H groups in total. The first-order valence-electron chi connectivity index (χ1n) is 7.70. The number of nitrogens with zero attached hydrogens (tertiary/aromatic N) is 1. The Labute approximate surface area is 163 Å². The van der Waals surface area contributed by atoms with E-state index in [1.165, 1.54) is 25.7 Å². The zero-order valence-electron chi connectivity index (χ0n) is 13.3. The third-order valence-corrected chi connectivity index (χ3v) is 4.26. The van der Waals surface area contributed by atoms with E-state index in [-0.39, 0.29) is 29.9 Å². The van der Waals surface area contributed by atoms with Gasteiger partial charge in [0.25, 0.3) is 5.91 Å². The summed E-state index contributed by atoms with van der Waals surface area (Å²) in [5.74, 6) is 0.748. The van der Waals surface area contributed by atoms with Crippen LogP contribution in [0.15, 0.2) is 33.7 Å². The topological polar surface area (TPSA) is 65.5 Å². The first kappa shape index (κ1) is 20.2. The lowest BCUT2D eigenvalue weighted by Crippen LogP contribution is -2.44. The number of halogens is 2. The SMILES string of the molecule is CN=C(NCCNC(=O)c1ccc(Br)cc1)NC1CCCC1.I. The number of rotatable bonds is 5. The van der Waals surface area contributed by atoms with Crippen LogP contribution in [-0.2, 0) is 0 Å². The summed E-state index contributed by atoms with van der Waals surface area (Å²) < 4.78 is 0.965. The summed E-state index contributed by atoms with van der Waals surface area (Å²) in [7, 11) is 1.77. The molecule has 0 bridgehead atoms. The number of carbonyl (C=O) groups is 1. The van der Waals surface area contributed by atoms with Crippen LogP contribution in [0.2, 0.25) is 0 Å². The van der Waals surface area contributed by atoms with Crippen LogP contribution in [0.5, 0.6) is 0 Å². The van der Waals surface area contributed by atoms with Gasteiger partial charge in [0.15, 0.2) is 5.96 Å². The number of benzene rings is 1. The van der Waals surface area contributed by atoms with Gasteiger partial charge in [-0.3, -0.25) is 9.79 Å². The minimum Gasteiger partial charge on any atom is -0.355 e. The van der Waals surface area contributed by atoms with Gasteiger partial charge in [-0.2, -0.15) is 0 Å². The predicted octanol–water partition coefficient (Wildman–Crippen LogP) is 2.90.